The van der Waals surface area contributed by atoms with Gasteiger partial charge in [0.1, 0.15) is 47.9 Å². The van der Waals surface area contributed by atoms with Crippen molar-refractivity contribution in [3.05, 3.63) is 24.0 Å². The van der Waals surface area contributed by atoms with Gasteiger partial charge in [0.05, 0.1) is 41.5 Å². The van der Waals surface area contributed by atoms with Crippen molar-refractivity contribution in [3.63, 3.8) is 0 Å². The summed E-state index contributed by atoms with van der Waals surface area (Å²) in [6.45, 7) is 20.5. The molecule has 4 aliphatic heterocycles. The van der Waals surface area contributed by atoms with Crippen LogP contribution in [0.1, 0.15) is 108 Å². The van der Waals surface area contributed by atoms with E-state index in [0.29, 0.717) is 25.4 Å². The number of cyclic esters (lactones) is 1. The molecular weight excluding hydrogens is 829 g/mol. The Kier molecular flexibility index (Phi) is 17.2. The van der Waals surface area contributed by atoms with Crippen molar-refractivity contribution in [1.82, 2.24) is 14.4 Å². The van der Waals surface area contributed by atoms with Gasteiger partial charge in [0.2, 0.25) is 5.90 Å². The standard InChI is InChI=1S/C47H82N4O13/c1-16-35-47(11,57)39(53)29(6)50(13)23-25(2)21-45(9,56)41(27(4)38(28(5)43(55)62-35)63-36-22-46(10,58-15)40(54)31(8)60-36)64-44-37(52)34(20-26(3)59-44)51(14)24-32-30(7)61-42(48-32)33-18-17-19-49(33)12/h17-19,25-32,34-41,44,52-54,56-57H,16,20-24H2,1-15H3/t25-,26?,27?,28?,29-,30-,31?,32+,34?,35?,36?,37-,38?,39-,40?,41-,44?,45+,46-,47+/m1/s1. The Morgan fingerprint density at radius 1 is 0.938 bits per heavy atom. The van der Waals surface area contributed by atoms with Gasteiger partial charge in [0.15, 0.2) is 12.6 Å². The summed E-state index contributed by atoms with van der Waals surface area (Å²) in [7, 11) is 7.24. The molecule has 1 aromatic rings. The predicted octanol–water partition coefficient (Wildman–Crippen LogP) is 2.84. The maximum Gasteiger partial charge on any atom is 0.311 e. The highest BCUT2D eigenvalue weighted by molar-refractivity contribution is 5.94. The van der Waals surface area contributed by atoms with Gasteiger partial charge in [0, 0.05) is 57.9 Å². The Bertz CT molecular complexity index is 1710. The topological polar surface area (TPSA) is 207 Å². The molecule has 3 saturated heterocycles. The van der Waals surface area contributed by atoms with E-state index in [1.165, 1.54) is 14.0 Å². The molecule has 17 heteroatoms. The molecule has 64 heavy (non-hydrogen) atoms. The summed E-state index contributed by atoms with van der Waals surface area (Å²) in [5, 5.41) is 59.6. The van der Waals surface area contributed by atoms with E-state index in [1.54, 1.807) is 41.5 Å². The molecule has 17 nitrogen and oxygen atoms in total. The monoisotopic (exact) mass is 911 g/mol. The lowest BCUT2D eigenvalue weighted by Crippen LogP contribution is -2.61. The first kappa shape index (κ1) is 52.7. The highest BCUT2D eigenvalue weighted by Gasteiger charge is 2.53. The van der Waals surface area contributed by atoms with E-state index >= 15 is 0 Å². The fraction of sp³-hybridized carbons (Fsp3) is 0.872. The highest BCUT2D eigenvalue weighted by atomic mass is 16.7. The van der Waals surface area contributed by atoms with Crippen LogP contribution in [0.15, 0.2) is 23.3 Å². The number of rotatable bonds is 10. The maximum absolute atomic E-state index is 14.4. The van der Waals surface area contributed by atoms with Gasteiger partial charge < -0.3 is 68.2 Å². The smallest absolute Gasteiger partial charge is 0.311 e. The number of nitrogens with zero attached hydrogens (tertiary/aromatic N) is 4. The van der Waals surface area contributed by atoms with Gasteiger partial charge in [-0.15, -0.1) is 0 Å². The first-order chi connectivity index (χ1) is 29.8. The number of aliphatic imine (C=N–C) groups is 1. The summed E-state index contributed by atoms with van der Waals surface area (Å²) in [4.78, 5) is 23.4. The van der Waals surface area contributed by atoms with Crippen LogP contribution in [0.4, 0.5) is 0 Å². The molecule has 0 spiro atoms. The van der Waals surface area contributed by atoms with Crippen LogP contribution in [-0.2, 0) is 45.0 Å². The van der Waals surface area contributed by atoms with Crippen LogP contribution in [0.25, 0.3) is 0 Å². The van der Waals surface area contributed by atoms with Crippen LogP contribution in [-0.4, -0.2) is 189 Å². The van der Waals surface area contributed by atoms with Crippen LogP contribution in [0.2, 0.25) is 0 Å². The number of aryl methyl sites for hydroxylation is 1. The molecule has 0 aromatic carbocycles. The van der Waals surface area contributed by atoms with Gasteiger partial charge >= 0.3 is 5.97 Å². The Hall–Kier alpha value is -2.26. The summed E-state index contributed by atoms with van der Waals surface area (Å²) in [6.07, 6.45) is -7.17. The zero-order valence-corrected chi connectivity index (χ0v) is 41.1. The van der Waals surface area contributed by atoms with E-state index in [1.807, 2.05) is 76.6 Å². The van der Waals surface area contributed by atoms with Gasteiger partial charge in [0.25, 0.3) is 0 Å². The number of aliphatic hydroxyl groups excluding tert-OH is 3. The molecule has 0 aliphatic carbocycles. The van der Waals surface area contributed by atoms with Gasteiger partial charge in [-0.2, -0.15) is 0 Å². The summed E-state index contributed by atoms with van der Waals surface area (Å²) >= 11 is 0. The predicted molar refractivity (Wildman–Crippen MR) is 239 cm³/mol. The molecule has 4 aliphatic rings. The minimum atomic E-state index is -1.83. The molecule has 368 valence electrons. The average Bonchev–Trinajstić information content (AvgIpc) is 3.82. The van der Waals surface area contributed by atoms with Crippen LogP contribution in [0.5, 0.6) is 0 Å². The third-order valence-electron chi connectivity index (χ3n) is 14.9. The normalized spacial score (nSPS) is 45.9. The largest absolute Gasteiger partial charge is 0.471 e. The summed E-state index contributed by atoms with van der Waals surface area (Å²) in [5.74, 6) is -2.16. The number of likely N-dealkylation sites (N-methyl/N-ethyl adjacent to an activating group) is 2. The van der Waals surface area contributed by atoms with Crippen molar-refractivity contribution >= 4 is 11.9 Å². The van der Waals surface area contributed by atoms with Gasteiger partial charge in [-0.1, -0.05) is 20.8 Å². The first-order valence-corrected chi connectivity index (χ1v) is 23.4. The zero-order chi connectivity index (χ0) is 47.8. The van der Waals surface area contributed by atoms with Crippen LogP contribution < -0.4 is 0 Å². The second-order valence-corrected chi connectivity index (χ2v) is 20.5. The number of esters is 1. The SMILES string of the molecule is CCC1OC(=O)C(C)C(OC2C[C@@](C)(OC)C(O)C(C)O2)C(C)[C@@H](OC2OC(C)CC(N(C)C[C@@H]3N=C(c4cccn4C)O[C@@H]3C)[C@H]2O)[C@@](C)(O)C[C@@H](C)CN(C)[C@H](C)[C@@H](O)[C@@]1(C)O. The number of carbonyl (C=O) groups excluding carboxylic acids is 1. The molecule has 5 heterocycles. The fourth-order valence-electron chi connectivity index (χ4n) is 10.6. The molecule has 5 N–H and O–H groups in total. The molecular formula is C47H82N4O13. The van der Waals surface area contributed by atoms with Gasteiger partial charge in [-0.25, -0.2) is 4.99 Å². The first-order valence-electron chi connectivity index (χ1n) is 23.4. The zero-order valence-electron chi connectivity index (χ0n) is 41.1. The van der Waals surface area contributed by atoms with Crippen LogP contribution in [0.3, 0.4) is 0 Å². The Labute approximate surface area is 381 Å². The van der Waals surface area contributed by atoms with Crippen LogP contribution in [0, 0.1) is 17.8 Å². The molecule has 10 unspecified atom stereocenters. The third kappa shape index (κ3) is 11.4. The molecule has 3 fully saturated rings. The number of hydrogen-bond acceptors (Lipinski definition) is 16. The molecule has 0 amide bonds. The van der Waals surface area contributed by atoms with Crippen molar-refractivity contribution in [1.29, 1.82) is 0 Å². The van der Waals surface area contributed by atoms with E-state index in [0.717, 1.165) is 5.69 Å². The number of hydrogen-bond donors (Lipinski definition) is 5. The fourth-order valence-corrected chi connectivity index (χ4v) is 10.6. The number of carbonyl (C=O) groups is 1. The number of methoxy groups -OCH3 is 1. The van der Waals surface area contributed by atoms with E-state index < -0.39 is 102 Å². The number of aliphatic hydroxyl groups is 5. The number of ether oxygens (including phenoxy) is 7. The molecule has 0 bridgehead atoms. The van der Waals surface area contributed by atoms with Crippen molar-refractivity contribution in [3.8, 4) is 0 Å². The Morgan fingerprint density at radius 3 is 2.22 bits per heavy atom. The minimum Gasteiger partial charge on any atom is -0.471 e. The van der Waals surface area contributed by atoms with E-state index in [4.69, 9.17) is 38.2 Å². The van der Waals surface area contributed by atoms with Crippen LogP contribution >= 0.6 is 0 Å². The quantitative estimate of drug-likeness (QED) is 0.214. The van der Waals surface area contributed by atoms with Gasteiger partial charge in [-0.3, -0.25) is 9.69 Å². The molecule has 0 saturated carbocycles. The van der Waals surface area contributed by atoms with Crippen molar-refractivity contribution in [2.75, 3.05) is 34.3 Å². The van der Waals surface area contributed by atoms with Gasteiger partial charge in [-0.05, 0) is 107 Å². The lowest BCUT2D eigenvalue weighted by atomic mass is 9.77. The summed E-state index contributed by atoms with van der Waals surface area (Å²) in [5.41, 5.74) is -3.61. The maximum atomic E-state index is 14.4. The Balaban J connectivity index is 1.52. The van der Waals surface area contributed by atoms with E-state index in [9.17, 15) is 30.3 Å². The lowest BCUT2D eigenvalue weighted by molar-refractivity contribution is -0.318. The second kappa shape index (κ2) is 20.9. The van der Waals surface area contributed by atoms with E-state index in [-0.39, 0.29) is 43.4 Å². The summed E-state index contributed by atoms with van der Waals surface area (Å²) in [6, 6.07) is 2.72. The molecule has 20 atom stereocenters. The van der Waals surface area contributed by atoms with Crippen molar-refractivity contribution in [2.45, 2.75) is 204 Å². The average molecular weight is 911 g/mol. The Morgan fingerprint density at radius 2 is 1.61 bits per heavy atom. The van der Waals surface area contributed by atoms with E-state index in [2.05, 4.69) is 4.90 Å². The van der Waals surface area contributed by atoms with Crippen molar-refractivity contribution < 1.29 is 63.5 Å². The summed E-state index contributed by atoms with van der Waals surface area (Å²) < 4.78 is 46.4. The molecule has 5 rings (SSSR count). The highest BCUT2D eigenvalue weighted by Crippen LogP contribution is 2.40. The minimum absolute atomic E-state index is 0.110. The van der Waals surface area contributed by atoms with Crippen molar-refractivity contribution in [2.24, 2.45) is 29.8 Å². The molecule has 0 radical (unpaired) electrons. The number of aromatic nitrogens is 1. The molecule has 1 aromatic heterocycles. The second-order valence-electron chi connectivity index (χ2n) is 20.5. The lowest BCUT2D eigenvalue weighted by Gasteiger charge is -2.49. The third-order valence-corrected chi connectivity index (χ3v) is 14.9.